The minimum Gasteiger partial charge on any atom is -0.392 e. The SMILES string of the molecule is CCc1cnccc1CC(O)Cc1cc(C(F)(F)F)nc2ccccc12. The number of pyridine rings is 2. The lowest BCUT2D eigenvalue weighted by molar-refractivity contribution is -0.141. The molecule has 6 heteroatoms. The summed E-state index contributed by atoms with van der Waals surface area (Å²) >= 11 is 0. The zero-order chi connectivity index (χ0) is 18.7. The van der Waals surface area contributed by atoms with Gasteiger partial charge in [-0.2, -0.15) is 13.2 Å². The number of para-hydroxylation sites is 1. The second-order valence-corrected chi connectivity index (χ2v) is 6.24. The fourth-order valence-electron chi connectivity index (χ4n) is 3.11. The second-order valence-electron chi connectivity index (χ2n) is 6.24. The first-order chi connectivity index (χ1) is 12.4. The van der Waals surface area contributed by atoms with Crippen molar-refractivity contribution in [3.8, 4) is 0 Å². The Bertz CT molecular complexity index is 909. The van der Waals surface area contributed by atoms with Gasteiger partial charge in [0.1, 0.15) is 5.69 Å². The molecule has 0 aliphatic heterocycles. The van der Waals surface area contributed by atoms with Crippen LogP contribution >= 0.6 is 0 Å². The van der Waals surface area contributed by atoms with Crippen molar-refractivity contribution in [2.24, 2.45) is 0 Å². The highest BCUT2D eigenvalue weighted by atomic mass is 19.4. The fraction of sp³-hybridized carbons (Fsp3) is 0.300. The van der Waals surface area contributed by atoms with Crippen LogP contribution < -0.4 is 0 Å². The molecule has 2 aromatic heterocycles. The minimum atomic E-state index is -4.52. The van der Waals surface area contributed by atoms with E-state index in [-0.39, 0.29) is 11.9 Å². The third kappa shape index (κ3) is 4.02. The van der Waals surface area contributed by atoms with Gasteiger partial charge in [-0.1, -0.05) is 25.1 Å². The number of alkyl halides is 3. The van der Waals surface area contributed by atoms with E-state index < -0.39 is 18.0 Å². The molecule has 0 fully saturated rings. The molecule has 0 aliphatic rings. The lowest BCUT2D eigenvalue weighted by atomic mass is 9.96. The molecule has 1 aromatic carbocycles. The Morgan fingerprint density at radius 1 is 1.04 bits per heavy atom. The molecule has 0 saturated carbocycles. The van der Waals surface area contributed by atoms with Crippen molar-refractivity contribution < 1.29 is 18.3 Å². The summed E-state index contributed by atoms with van der Waals surface area (Å²) < 4.78 is 39.4. The van der Waals surface area contributed by atoms with Gasteiger partial charge in [0.2, 0.25) is 0 Å². The molecule has 0 saturated heterocycles. The van der Waals surface area contributed by atoms with Crippen molar-refractivity contribution in [1.82, 2.24) is 9.97 Å². The molecule has 0 aliphatic carbocycles. The Kier molecular flexibility index (Phi) is 5.23. The maximum Gasteiger partial charge on any atom is 0.433 e. The Hall–Kier alpha value is -2.47. The zero-order valence-electron chi connectivity index (χ0n) is 14.3. The van der Waals surface area contributed by atoms with Gasteiger partial charge in [0.25, 0.3) is 0 Å². The van der Waals surface area contributed by atoms with E-state index in [1.807, 2.05) is 13.0 Å². The van der Waals surface area contributed by atoms with E-state index in [1.54, 1.807) is 36.7 Å². The summed E-state index contributed by atoms with van der Waals surface area (Å²) in [5.74, 6) is 0. The van der Waals surface area contributed by atoms with Crippen molar-refractivity contribution in [2.75, 3.05) is 0 Å². The molecule has 0 spiro atoms. The first-order valence-electron chi connectivity index (χ1n) is 8.44. The number of aliphatic hydroxyl groups is 1. The second kappa shape index (κ2) is 7.41. The van der Waals surface area contributed by atoms with Crippen molar-refractivity contribution in [1.29, 1.82) is 0 Å². The van der Waals surface area contributed by atoms with Gasteiger partial charge in [0.05, 0.1) is 11.6 Å². The third-order valence-corrected chi connectivity index (χ3v) is 4.39. The molecule has 1 unspecified atom stereocenters. The minimum absolute atomic E-state index is 0.123. The van der Waals surface area contributed by atoms with Gasteiger partial charge in [-0.05, 0) is 54.2 Å². The first kappa shape index (κ1) is 18.3. The quantitative estimate of drug-likeness (QED) is 0.735. The molecule has 3 aromatic rings. The van der Waals surface area contributed by atoms with E-state index in [0.29, 0.717) is 17.4 Å². The van der Waals surface area contributed by atoms with Crippen LogP contribution in [0.2, 0.25) is 0 Å². The highest BCUT2D eigenvalue weighted by Gasteiger charge is 2.33. The number of aryl methyl sites for hydroxylation is 1. The number of fused-ring (bicyclic) bond motifs is 1. The molecule has 2 heterocycles. The predicted octanol–water partition coefficient (Wildman–Crippen LogP) is 4.36. The lowest BCUT2D eigenvalue weighted by Crippen LogP contribution is -2.17. The Morgan fingerprint density at radius 2 is 1.77 bits per heavy atom. The molecule has 0 radical (unpaired) electrons. The zero-order valence-corrected chi connectivity index (χ0v) is 14.3. The maximum absolute atomic E-state index is 13.1. The van der Waals surface area contributed by atoms with Gasteiger partial charge in [0, 0.05) is 17.8 Å². The number of hydrogen-bond acceptors (Lipinski definition) is 3. The van der Waals surface area contributed by atoms with Gasteiger partial charge < -0.3 is 5.11 Å². The number of hydrogen-bond donors (Lipinski definition) is 1. The molecule has 1 atom stereocenters. The summed E-state index contributed by atoms with van der Waals surface area (Å²) in [7, 11) is 0. The average molecular weight is 360 g/mol. The average Bonchev–Trinajstić information content (AvgIpc) is 2.61. The fourth-order valence-corrected chi connectivity index (χ4v) is 3.11. The van der Waals surface area contributed by atoms with Crippen LogP contribution in [-0.2, 0) is 25.4 Å². The Labute approximate surface area is 149 Å². The van der Waals surface area contributed by atoms with Gasteiger partial charge in [-0.3, -0.25) is 4.98 Å². The first-order valence-corrected chi connectivity index (χ1v) is 8.44. The molecule has 0 bridgehead atoms. The molecule has 0 amide bonds. The Morgan fingerprint density at radius 3 is 2.50 bits per heavy atom. The van der Waals surface area contributed by atoms with Crippen LogP contribution in [0.1, 0.15) is 29.3 Å². The van der Waals surface area contributed by atoms with Crippen LogP contribution in [0.4, 0.5) is 13.2 Å². The summed E-state index contributed by atoms with van der Waals surface area (Å²) in [6.45, 7) is 2.00. The summed E-state index contributed by atoms with van der Waals surface area (Å²) in [5, 5.41) is 11.1. The van der Waals surface area contributed by atoms with Crippen LogP contribution in [0.15, 0.2) is 48.8 Å². The number of aliphatic hydroxyl groups excluding tert-OH is 1. The monoisotopic (exact) mass is 360 g/mol. The Balaban J connectivity index is 1.92. The van der Waals surface area contributed by atoms with E-state index in [2.05, 4.69) is 9.97 Å². The summed E-state index contributed by atoms with van der Waals surface area (Å²) in [5.41, 5.74) is 1.79. The van der Waals surface area contributed by atoms with Crippen molar-refractivity contribution in [3.05, 3.63) is 71.2 Å². The lowest BCUT2D eigenvalue weighted by Gasteiger charge is -2.16. The van der Waals surface area contributed by atoms with Gasteiger partial charge >= 0.3 is 6.18 Å². The van der Waals surface area contributed by atoms with E-state index >= 15 is 0 Å². The van der Waals surface area contributed by atoms with E-state index in [1.165, 1.54) is 0 Å². The van der Waals surface area contributed by atoms with E-state index in [4.69, 9.17) is 0 Å². The number of rotatable bonds is 5. The topological polar surface area (TPSA) is 46.0 Å². The smallest absolute Gasteiger partial charge is 0.392 e. The predicted molar refractivity (Wildman–Crippen MR) is 93.8 cm³/mol. The van der Waals surface area contributed by atoms with Crippen LogP contribution in [0.25, 0.3) is 10.9 Å². The van der Waals surface area contributed by atoms with Crippen LogP contribution in [0.3, 0.4) is 0 Å². The van der Waals surface area contributed by atoms with Crippen molar-refractivity contribution in [2.45, 2.75) is 38.5 Å². The molecule has 1 N–H and O–H groups in total. The molecule has 136 valence electrons. The van der Waals surface area contributed by atoms with Gasteiger partial charge in [-0.15, -0.1) is 0 Å². The molecular formula is C20H19F3N2O. The third-order valence-electron chi connectivity index (χ3n) is 4.39. The molecular weight excluding hydrogens is 341 g/mol. The van der Waals surface area contributed by atoms with Gasteiger partial charge in [-0.25, -0.2) is 4.98 Å². The highest BCUT2D eigenvalue weighted by Crippen LogP contribution is 2.31. The number of halogens is 3. The molecule has 26 heavy (non-hydrogen) atoms. The normalized spacial score (nSPS) is 13.1. The number of nitrogens with zero attached hydrogens (tertiary/aromatic N) is 2. The molecule has 3 rings (SSSR count). The largest absolute Gasteiger partial charge is 0.433 e. The summed E-state index contributed by atoms with van der Waals surface area (Å²) in [4.78, 5) is 7.78. The van der Waals surface area contributed by atoms with E-state index in [0.717, 1.165) is 23.6 Å². The standard InChI is InChI=1S/C20H19F3N2O/c1-2-13-12-24-8-7-14(13)9-16(26)10-15-11-19(20(21,22)23)25-18-6-4-3-5-17(15)18/h3-8,11-12,16,26H,2,9-10H2,1H3. The van der Waals surface area contributed by atoms with E-state index in [9.17, 15) is 18.3 Å². The highest BCUT2D eigenvalue weighted by molar-refractivity contribution is 5.82. The maximum atomic E-state index is 13.1. The van der Waals surface area contributed by atoms with Crippen molar-refractivity contribution in [3.63, 3.8) is 0 Å². The van der Waals surface area contributed by atoms with Crippen LogP contribution in [0.5, 0.6) is 0 Å². The number of benzene rings is 1. The van der Waals surface area contributed by atoms with Crippen LogP contribution in [-0.4, -0.2) is 21.2 Å². The summed E-state index contributed by atoms with van der Waals surface area (Å²) in [6.07, 6.45) is -0.636. The van der Waals surface area contributed by atoms with Gasteiger partial charge in [0.15, 0.2) is 0 Å². The van der Waals surface area contributed by atoms with Crippen LogP contribution in [0, 0.1) is 0 Å². The van der Waals surface area contributed by atoms with Crippen molar-refractivity contribution >= 4 is 10.9 Å². The molecule has 3 nitrogen and oxygen atoms in total. The number of aromatic nitrogens is 2. The summed E-state index contributed by atoms with van der Waals surface area (Å²) in [6, 6.07) is 9.57.